The molecule has 0 unspecified atom stereocenters. The largest absolute Gasteiger partial charge is 0.364 e. The highest BCUT2D eigenvalue weighted by Gasteiger charge is 2.18. The van der Waals surface area contributed by atoms with Crippen LogP contribution in [0.1, 0.15) is 22.0 Å². The lowest BCUT2D eigenvalue weighted by Crippen LogP contribution is -2.12. The summed E-state index contributed by atoms with van der Waals surface area (Å²) >= 11 is 0. The normalized spacial score (nSPS) is 10.6. The standard InChI is InChI=1S/C21H16N6O/c1-12-24-16(11-22)17(25-12)14-8-5-9-15(10-14)21-26-18(19(27-21)20(23)28)13-6-3-2-4-7-13/h2-10H,1H3,(H2,23,28)(H,24,25)(H,26,27). The fourth-order valence-corrected chi connectivity index (χ4v) is 3.10. The Kier molecular flexibility index (Phi) is 4.22. The van der Waals surface area contributed by atoms with Crippen LogP contribution in [-0.2, 0) is 0 Å². The predicted molar refractivity (Wildman–Crippen MR) is 105 cm³/mol. The number of nitrogens with two attached hydrogens (primary N) is 1. The average molecular weight is 368 g/mol. The zero-order valence-corrected chi connectivity index (χ0v) is 15.0. The Balaban J connectivity index is 1.82. The maximum absolute atomic E-state index is 11.9. The summed E-state index contributed by atoms with van der Waals surface area (Å²) in [6.07, 6.45) is 0. The Bertz CT molecular complexity index is 1210. The van der Waals surface area contributed by atoms with Gasteiger partial charge in [-0.25, -0.2) is 9.97 Å². The van der Waals surface area contributed by atoms with E-state index in [-0.39, 0.29) is 5.69 Å². The number of aryl methyl sites for hydroxylation is 1. The van der Waals surface area contributed by atoms with Gasteiger partial charge in [0.15, 0.2) is 5.69 Å². The molecule has 4 rings (SSSR count). The van der Waals surface area contributed by atoms with Gasteiger partial charge in [-0.05, 0) is 13.0 Å². The number of rotatable bonds is 4. The van der Waals surface area contributed by atoms with Crippen LogP contribution in [0.3, 0.4) is 0 Å². The number of amides is 1. The van der Waals surface area contributed by atoms with Crippen LogP contribution >= 0.6 is 0 Å². The number of H-pyrrole nitrogens is 2. The van der Waals surface area contributed by atoms with Crippen molar-refractivity contribution in [3.05, 3.63) is 71.8 Å². The summed E-state index contributed by atoms with van der Waals surface area (Å²) < 4.78 is 0. The zero-order chi connectivity index (χ0) is 19.7. The van der Waals surface area contributed by atoms with Crippen LogP contribution in [0.5, 0.6) is 0 Å². The molecule has 2 heterocycles. The minimum atomic E-state index is -0.579. The Morgan fingerprint density at radius 1 is 1.00 bits per heavy atom. The van der Waals surface area contributed by atoms with Crippen LogP contribution in [0, 0.1) is 18.3 Å². The molecular formula is C21H16N6O. The molecule has 136 valence electrons. The maximum atomic E-state index is 11.9. The molecule has 28 heavy (non-hydrogen) atoms. The number of carbonyl (C=O) groups is 1. The van der Waals surface area contributed by atoms with E-state index in [9.17, 15) is 10.1 Å². The van der Waals surface area contributed by atoms with Gasteiger partial charge in [-0.3, -0.25) is 4.79 Å². The molecule has 1 amide bonds. The van der Waals surface area contributed by atoms with Crippen molar-refractivity contribution in [2.45, 2.75) is 6.92 Å². The van der Waals surface area contributed by atoms with Crippen molar-refractivity contribution < 1.29 is 4.79 Å². The number of aromatic nitrogens is 4. The number of benzene rings is 2. The number of nitrogens with zero attached hydrogens (tertiary/aromatic N) is 3. The number of nitriles is 1. The van der Waals surface area contributed by atoms with E-state index in [0.29, 0.717) is 28.7 Å². The van der Waals surface area contributed by atoms with E-state index >= 15 is 0 Å². The van der Waals surface area contributed by atoms with Crippen LogP contribution in [0.4, 0.5) is 0 Å². The SMILES string of the molecule is Cc1nc(C#N)c(-c2cccc(-c3nc(-c4ccccc4)c(C(N)=O)[nH]3)c2)[nH]1. The van der Waals surface area contributed by atoms with E-state index in [2.05, 4.69) is 26.0 Å². The third kappa shape index (κ3) is 3.04. The molecule has 0 spiro atoms. The van der Waals surface area contributed by atoms with E-state index in [1.165, 1.54) is 0 Å². The topological polar surface area (TPSA) is 124 Å². The van der Waals surface area contributed by atoms with Crippen LogP contribution in [0.2, 0.25) is 0 Å². The first-order chi connectivity index (χ1) is 13.6. The Morgan fingerprint density at radius 2 is 1.71 bits per heavy atom. The first kappa shape index (κ1) is 17.2. The van der Waals surface area contributed by atoms with E-state index in [1.807, 2.05) is 54.6 Å². The molecule has 0 bridgehead atoms. The van der Waals surface area contributed by atoms with Crippen LogP contribution in [-0.4, -0.2) is 25.8 Å². The van der Waals surface area contributed by atoms with Crippen molar-refractivity contribution in [2.75, 3.05) is 0 Å². The number of nitrogens with one attached hydrogen (secondary N) is 2. The highest BCUT2D eigenvalue weighted by atomic mass is 16.1. The highest BCUT2D eigenvalue weighted by molar-refractivity contribution is 5.98. The fraction of sp³-hybridized carbons (Fsp3) is 0.0476. The summed E-state index contributed by atoms with van der Waals surface area (Å²) in [6.45, 7) is 1.80. The first-order valence-electron chi connectivity index (χ1n) is 8.59. The molecular weight excluding hydrogens is 352 g/mol. The van der Waals surface area contributed by atoms with Crippen molar-refractivity contribution >= 4 is 5.91 Å². The number of carbonyl (C=O) groups excluding carboxylic acids is 1. The number of primary amides is 1. The van der Waals surface area contributed by atoms with Crippen molar-refractivity contribution in [2.24, 2.45) is 5.73 Å². The lowest BCUT2D eigenvalue weighted by Gasteiger charge is -2.02. The molecule has 0 atom stereocenters. The van der Waals surface area contributed by atoms with Gasteiger partial charge in [0.1, 0.15) is 29.1 Å². The lowest BCUT2D eigenvalue weighted by molar-refractivity contribution is 0.0997. The minimum Gasteiger partial charge on any atom is -0.364 e. The highest BCUT2D eigenvalue weighted by Crippen LogP contribution is 2.29. The summed E-state index contributed by atoms with van der Waals surface area (Å²) in [5, 5.41) is 9.30. The van der Waals surface area contributed by atoms with Gasteiger partial charge in [-0.2, -0.15) is 5.26 Å². The Hall–Kier alpha value is -4.18. The third-order valence-corrected chi connectivity index (χ3v) is 4.35. The fourth-order valence-electron chi connectivity index (χ4n) is 3.10. The quantitative estimate of drug-likeness (QED) is 0.510. The summed E-state index contributed by atoms with van der Waals surface area (Å²) in [6, 6.07) is 19.0. The average Bonchev–Trinajstić information content (AvgIpc) is 3.33. The second kappa shape index (κ2) is 6.85. The van der Waals surface area contributed by atoms with Crippen molar-refractivity contribution in [3.63, 3.8) is 0 Å². The molecule has 0 aliphatic heterocycles. The Morgan fingerprint density at radius 3 is 2.43 bits per heavy atom. The third-order valence-electron chi connectivity index (χ3n) is 4.35. The molecule has 4 N–H and O–H groups in total. The van der Waals surface area contributed by atoms with Gasteiger partial charge in [0, 0.05) is 16.7 Å². The number of imidazole rings is 2. The minimum absolute atomic E-state index is 0.252. The molecule has 4 aromatic rings. The molecule has 2 aromatic carbocycles. The first-order valence-corrected chi connectivity index (χ1v) is 8.59. The number of aromatic amines is 2. The molecule has 0 saturated carbocycles. The molecule has 2 aromatic heterocycles. The van der Waals surface area contributed by atoms with Gasteiger partial charge in [0.25, 0.3) is 5.91 Å². The van der Waals surface area contributed by atoms with Gasteiger partial charge < -0.3 is 15.7 Å². The van der Waals surface area contributed by atoms with Gasteiger partial charge in [0.2, 0.25) is 0 Å². The van der Waals surface area contributed by atoms with E-state index in [1.54, 1.807) is 6.92 Å². The summed E-state index contributed by atoms with van der Waals surface area (Å²) in [5.74, 6) is 0.603. The Labute approximate surface area is 160 Å². The van der Waals surface area contributed by atoms with Gasteiger partial charge in [-0.15, -0.1) is 0 Å². The second-order valence-electron chi connectivity index (χ2n) is 6.28. The van der Waals surface area contributed by atoms with Gasteiger partial charge in [-0.1, -0.05) is 48.5 Å². The molecule has 0 saturated heterocycles. The molecule has 0 fully saturated rings. The van der Waals surface area contributed by atoms with Crippen LogP contribution in [0.15, 0.2) is 54.6 Å². The summed E-state index contributed by atoms with van der Waals surface area (Å²) in [7, 11) is 0. The van der Waals surface area contributed by atoms with Crippen LogP contribution in [0.25, 0.3) is 33.9 Å². The molecule has 7 heteroatoms. The van der Waals surface area contributed by atoms with Gasteiger partial charge in [0.05, 0.1) is 5.69 Å². The van der Waals surface area contributed by atoms with E-state index < -0.39 is 5.91 Å². The summed E-state index contributed by atoms with van der Waals surface area (Å²) in [5.41, 5.74) is 9.63. The van der Waals surface area contributed by atoms with Crippen molar-refractivity contribution in [1.29, 1.82) is 5.26 Å². The zero-order valence-electron chi connectivity index (χ0n) is 15.0. The van der Waals surface area contributed by atoms with E-state index in [4.69, 9.17) is 5.73 Å². The maximum Gasteiger partial charge on any atom is 0.267 e. The number of hydrogen-bond donors (Lipinski definition) is 3. The lowest BCUT2D eigenvalue weighted by atomic mass is 10.1. The van der Waals surface area contributed by atoms with Gasteiger partial charge >= 0.3 is 0 Å². The van der Waals surface area contributed by atoms with Crippen LogP contribution < -0.4 is 5.73 Å². The molecule has 0 aliphatic carbocycles. The monoisotopic (exact) mass is 368 g/mol. The second-order valence-corrected chi connectivity index (χ2v) is 6.28. The molecule has 0 aliphatic rings. The van der Waals surface area contributed by atoms with Crippen molar-refractivity contribution in [1.82, 2.24) is 19.9 Å². The van der Waals surface area contributed by atoms with Crippen molar-refractivity contribution in [3.8, 4) is 40.0 Å². The molecule has 0 radical (unpaired) electrons. The van der Waals surface area contributed by atoms with E-state index in [0.717, 1.165) is 16.7 Å². The molecule has 7 nitrogen and oxygen atoms in total. The predicted octanol–water partition coefficient (Wildman–Crippen LogP) is 3.41. The smallest absolute Gasteiger partial charge is 0.267 e. The number of hydrogen-bond acceptors (Lipinski definition) is 4. The summed E-state index contributed by atoms with van der Waals surface area (Å²) in [4.78, 5) is 26.9.